The lowest BCUT2D eigenvalue weighted by Gasteiger charge is -2.34. The smallest absolute Gasteiger partial charge is 0.242 e. The van der Waals surface area contributed by atoms with Crippen molar-refractivity contribution in [1.82, 2.24) is 19.3 Å². The van der Waals surface area contributed by atoms with E-state index in [0.717, 1.165) is 50.7 Å². The molecule has 154 valence electrons. The Morgan fingerprint density at radius 3 is 2.32 bits per heavy atom. The average Bonchev–Trinajstić information content (AvgIpc) is 3.08. The third-order valence-corrected chi connectivity index (χ3v) is 6.64. The number of benzene rings is 1. The molecule has 0 aliphatic carbocycles. The van der Waals surface area contributed by atoms with Gasteiger partial charge in [-0.2, -0.15) is 0 Å². The van der Waals surface area contributed by atoms with E-state index in [-0.39, 0.29) is 4.90 Å². The fourth-order valence-corrected chi connectivity index (χ4v) is 4.01. The van der Waals surface area contributed by atoms with Crippen molar-refractivity contribution in [2.75, 3.05) is 53.4 Å². The van der Waals surface area contributed by atoms with Crippen molar-refractivity contribution in [1.29, 1.82) is 0 Å². The number of hydrogen-bond acceptors (Lipinski definition) is 7. The number of nitrogens with zero attached hydrogens (tertiary/aromatic N) is 4. The Hall–Kier alpha value is -1.94. The van der Waals surface area contributed by atoms with Crippen LogP contribution < -0.4 is 4.74 Å². The predicted octanol–water partition coefficient (Wildman–Crippen LogP) is 1.43. The molecular formula is C19H28N4O4S. The van der Waals surface area contributed by atoms with Crippen LogP contribution >= 0.6 is 0 Å². The standard InChI is InChI=1S/C19H28N4O4S/c1-16-14-17(20-27-16)15-23-10-8-22(9-11-23)12-13-26-18-4-6-19(7-5-18)28(24,25)21(2)3/h4-7,14H,8-13,15H2,1-3H3. The summed E-state index contributed by atoms with van der Waals surface area (Å²) < 4.78 is 36.2. The van der Waals surface area contributed by atoms with Crippen molar-refractivity contribution < 1.29 is 17.7 Å². The van der Waals surface area contributed by atoms with Gasteiger partial charge in [-0.05, 0) is 31.2 Å². The second kappa shape index (κ2) is 9.04. The van der Waals surface area contributed by atoms with Crippen molar-refractivity contribution >= 4 is 10.0 Å². The molecule has 8 nitrogen and oxygen atoms in total. The highest BCUT2D eigenvalue weighted by Crippen LogP contribution is 2.18. The molecule has 2 aromatic rings. The predicted molar refractivity (Wildman–Crippen MR) is 106 cm³/mol. The molecule has 9 heteroatoms. The number of sulfonamides is 1. The van der Waals surface area contributed by atoms with Gasteiger partial charge in [-0.1, -0.05) is 5.16 Å². The van der Waals surface area contributed by atoms with Crippen LogP contribution in [0.5, 0.6) is 5.75 Å². The fraction of sp³-hybridized carbons (Fsp3) is 0.526. The molecule has 1 fully saturated rings. The number of hydrogen-bond donors (Lipinski definition) is 0. The van der Waals surface area contributed by atoms with Crippen LogP contribution in [0.2, 0.25) is 0 Å². The summed E-state index contributed by atoms with van der Waals surface area (Å²) in [7, 11) is -0.363. The first-order valence-corrected chi connectivity index (χ1v) is 10.8. The zero-order valence-corrected chi connectivity index (χ0v) is 17.5. The molecule has 1 saturated heterocycles. The Morgan fingerprint density at radius 1 is 1.11 bits per heavy atom. The fourth-order valence-electron chi connectivity index (χ4n) is 3.10. The molecule has 0 bridgehead atoms. The van der Waals surface area contributed by atoms with Crippen LogP contribution in [0, 0.1) is 6.92 Å². The molecule has 1 aromatic heterocycles. The largest absolute Gasteiger partial charge is 0.492 e. The summed E-state index contributed by atoms with van der Waals surface area (Å²) in [5.41, 5.74) is 0.981. The molecule has 1 aromatic carbocycles. The Morgan fingerprint density at radius 2 is 1.75 bits per heavy atom. The monoisotopic (exact) mass is 408 g/mol. The van der Waals surface area contributed by atoms with Crippen LogP contribution in [0.1, 0.15) is 11.5 Å². The maximum absolute atomic E-state index is 12.1. The number of aryl methyl sites for hydroxylation is 1. The topological polar surface area (TPSA) is 79.1 Å². The second-order valence-corrected chi connectivity index (χ2v) is 9.31. The molecule has 28 heavy (non-hydrogen) atoms. The molecular weight excluding hydrogens is 380 g/mol. The van der Waals surface area contributed by atoms with E-state index >= 15 is 0 Å². The van der Waals surface area contributed by atoms with Crippen molar-refractivity contribution in [2.24, 2.45) is 0 Å². The minimum Gasteiger partial charge on any atom is -0.492 e. The lowest BCUT2D eigenvalue weighted by Crippen LogP contribution is -2.47. The van der Waals surface area contributed by atoms with E-state index in [9.17, 15) is 8.42 Å². The van der Waals surface area contributed by atoms with Crippen molar-refractivity contribution in [2.45, 2.75) is 18.4 Å². The molecule has 0 unspecified atom stereocenters. The van der Waals surface area contributed by atoms with Gasteiger partial charge in [0.05, 0.1) is 10.6 Å². The summed E-state index contributed by atoms with van der Waals surface area (Å²) in [4.78, 5) is 5.01. The lowest BCUT2D eigenvalue weighted by atomic mass is 10.3. The molecule has 2 heterocycles. The summed E-state index contributed by atoms with van der Waals surface area (Å²) in [5, 5.41) is 4.05. The Kier molecular flexibility index (Phi) is 6.71. The van der Waals surface area contributed by atoms with Crippen molar-refractivity contribution in [3.63, 3.8) is 0 Å². The van der Waals surface area contributed by atoms with E-state index in [1.807, 2.05) is 13.0 Å². The van der Waals surface area contributed by atoms with Gasteiger partial charge in [0.1, 0.15) is 18.1 Å². The first-order chi connectivity index (χ1) is 13.3. The van der Waals surface area contributed by atoms with Crippen LogP contribution in [0.25, 0.3) is 0 Å². The molecule has 0 amide bonds. The Balaban J connectivity index is 1.39. The highest BCUT2D eigenvalue weighted by atomic mass is 32.2. The van der Waals surface area contributed by atoms with Gasteiger partial charge in [-0.15, -0.1) is 0 Å². The highest BCUT2D eigenvalue weighted by Gasteiger charge is 2.19. The second-order valence-electron chi connectivity index (χ2n) is 7.15. The number of ether oxygens (including phenoxy) is 1. The van der Waals surface area contributed by atoms with Gasteiger partial charge in [0.15, 0.2) is 0 Å². The van der Waals surface area contributed by atoms with E-state index in [0.29, 0.717) is 12.4 Å². The Labute approximate surface area is 166 Å². The van der Waals surface area contributed by atoms with Gasteiger partial charge in [-0.25, -0.2) is 12.7 Å². The normalized spacial score (nSPS) is 16.6. The van der Waals surface area contributed by atoms with Gasteiger partial charge in [0.25, 0.3) is 0 Å². The van der Waals surface area contributed by atoms with Crippen LogP contribution in [0.4, 0.5) is 0 Å². The number of piperazine rings is 1. The van der Waals surface area contributed by atoms with Gasteiger partial charge >= 0.3 is 0 Å². The first kappa shape index (κ1) is 20.8. The van der Waals surface area contributed by atoms with Crippen LogP contribution in [0.3, 0.4) is 0 Å². The van der Waals surface area contributed by atoms with Crippen molar-refractivity contribution in [3.8, 4) is 5.75 Å². The lowest BCUT2D eigenvalue weighted by molar-refractivity contribution is 0.111. The number of aromatic nitrogens is 1. The summed E-state index contributed by atoms with van der Waals surface area (Å²) in [6.07, 6.45) is 0. The molecule has 0 spiro atoms. The van der Waals surface area contributed by atoms with Gasteiger partial charge < -0.3 is 9.26 Å². The van der Waals surface area contributed by atoms with E-state index in [2.05, 4.69) is 15.0 Å². The maximum atomic E-state index is 12.1. The van der Waals surface area contributed by atoms with Crippen molar-refractivity contribution in [3.05, 3.63) is 41.8 Å². The quantitative estimate of drug-likeness (QED) is 0.654. The van der Waals surface area contributed by atoms with Gasteiger partial charge in [0.2, 0.25) is 10.0 Å². The Bertz CT molecular complexity index is 856. The van der Waals surface area contributed by atoms with E-state index in [4.69, 9.17) is 9.26 Å². The van der Waals surface area contributed by atoms with Gasteiger partial charge in [0, 0.05) is 59.4 Å². The van der Waals surface area contributed by atoms with E-state index < -0.39 is 10.0 Å². The van der Waals surface area contributed by atoms with Crippen LogP contribution in [-0.2, 0) is 16.6 Å². The zero-order chi connectivity index (χ0) is 20.1. The van der Waals surface area contributed by atoms with Crippen LogP contribution in [-0.4, -0.2) is 81.1 Å². The molecule has 0 saturated carbocycles. The molecule has 0 radical (unpaired) electrons. The van der Waals surface area contributed by atoms with Gasteiger partial charge in [-0.3, -0.25) is 9.80 Å². The third-order valence-electron chi connectivity index (χ3n) is 4.81. The SMILES string of the molecule is Cc1cc(CN2CCN(CCOc3ccc(S(=O)(=O)N(C)C)cc3)CC2)no1. The molecule has 1 aliphatic rings. The molecule has 1 aliphatic heterocycles. The third kappa shape index (κ3) is 5.32. The summed E-state index contributed by atoms with van der Waals surface area (Å²) in [5.74, 6) is 1.52. The first-order valence-electron chi connectivity index (χ1n) is 9.37. The molecule has 3 rings (SSSR count). The molecule has 0 N–H and O–H groups in total. The minimum absolute atomic E-state index is 0.267. The van der Waals surface area contributed by atoms with E-state index in [1.54, 1.807) is 24.3 Å². The summed E-state index contributed by atoms with van der Waals surface area (Å²) in [6, 6.07) is 8.54. The zero-order valence-electron chi connectivity index (χ0n) is 16.7. The van der Waals surface area contributed by atoms with E-state index in [1.165, 1.54) is 18.4 Å². The molecule has 0 atom stereocenters. The average molecular weight is 409 g/mol. The minimum atomic E-state index is -3.40. The van der Waals surface area contributed by atoms with Crippen LogP contribution in [0.15, 0.2) is 39.8 Å². The maximum Gasteiger partial charge on any atom is 0.242 e. The summed E-state index contributed by atoms with van der Waals surface area (Å²) >= 11 is 0. The number of rotatable bonds is 8. The summed E-state index contributed by atoms with van der Waals surface area (Å²) in [6.45, 7) is 8.09. The highest BCUT2D eigenvalue weighted by molar-refractivity contribution is 7.89.